The molecular weight excluding hydrogens is 354 g/mol. The molecule has 0 aromatic carbocycles. The normalized spacial score (nSPS) is 11.9. The van der Waals surface area contributed by atoms with Crippen LogP contribution in [0.3, 0.4) is 0 Å². The van der Waals surface area contributed by atoms with Gasteiger partial charge in [0.1, 0.15) is 16.2 Å². The molecule has 3 aromatic rings. The van der Waals surface area contributed by atoms with Gasteiger partial charge < -0.3 is 20.7 Å². The van der Waals surface area contributed by atoms with E-state index >= 15 is 0 Å². The summed E-state index contributed by atoms with van der Waals surface area (Å²) in [7, 11) is 0. The first-order valence-electron chi connectivity index (χ1n) is 7.84. The fourth-order valence-corrected chi connectivity index (χ4v) is 3.28. The van der Waals surface area contributed by atoms with Crippen molar-refractivity contribution in [3.8, 4) is 0 Å². The summed E-state index contributed by atoms with van der Waals surface area (Å²) >= 11 is 1.28. The molecule has 0 fully saturated rings. The van der Waals surface area contributed by atoms with Gasteiger partial charge in [0, 0.05) is 30.2 Å². The van der Waals surface area contributed by atoms with E-state index in [4.69, 9.17) is 10.5 Å². The number of nitrogens with zero attached hydrogens (tertiary/aromatic N) is 1. The quantitative estimate of drug-likeness (QED) is 0.408. The molecule has 0 aliphatic heterocycles. The van der Waals surface area contributed by atoms with E-state index in [2.05, 4.69) is 20.6 Å². The number of H-pyrrole nitrogens is 1. The predicted molar refractivity (Wildman–Crippen MR) is 101 cm³/mol. The Hall–Kier alpha value is -3.20. The number of carbonyl (C=O) groups is 2. The van der Waals surface area contributed by atoms with E-state index in [1.54, 1.807) is 24.7 Å². The molecule has 5 N–H and O–H groups in total. The van der Waals surface area contributed by atoms with E-state index in [1.165, 1.54) is 11.3 Å². The highest BCUT2D eigenvalue weighted by atomic mass is 32.1. The van der Waals surface area contributed by atoms with Crippen molar-refractivity contribution in [1.29, 1.82) is 5.41 Å². The molecule has 1 unspecified atom stereocenters. The van der Waals surface area contributed by atoms with Crippen LogP contribution < -0.4 is 10.6 Å². The number of carbonyl (C=O) groups excluding carboxylic acids is 1. The van der Waals surface area contributed by atoms with Crippen molar-refractivity contribution in [3.63, 3.8) is 0 Å². The summed E-state index contributed by atoms with van der Waals surface area (Å²) in [6.45, 7) is 1.67. The molecule has 1 amide bonds. The number of pyridine rings is 1. The molecule has 0 spiro atoms. The Kier molecular flexibility index (Phi) is 4.99. The number of aromatic nitrogens is 2. The highest BCUT2D eigenvalue weighted by Crippen LogP contribution is 2.29. The van der Waals surface area contributed by atoms with Crippen LogP contribution in [-0.2, 0) is 4.79 Å². The second-order valence-electron chi connectivity index (χ2n) is 5.75. The Labute approximate surface area is 152 Å². The molecule has 0 aliphatic rings. The van der Waals surface area contributed by atoms with Gasteiger partial charge in [0.15, 0.2) is 0 Å². The van der Waals surface area contributed by atoms with Crippen molar-refractivity contribution in [1.82, 2.24) is 15.3 Å². The summed E-state index contributed by atoms with van der Waals surface area (Å²) in [5.74, 6) is -1.59. The number of carboxylic acid groups (broad SMARTS) is 1. The van der Waals surface area contributed by atoms with Gasteiger partial charge in [-0.25, -0.2) is 9.78 Å². The number of aliphatic carboxylic acids is 1. The van der Waals surface area contributed by atoms with Crippen LogP contribution in [0.15, 0.2) is 36.0 Å². The first kappa shape index (κ1) is 17.6. The smallest absolute Gasteiger partial charge is 0.349 e. The number of thiophene rings is 1. The second kappa shape index (κ2) is 7.36. The number of anilines is 2. The van der Waals surface area contributed by atoms with Crippen LogP contribution in [0.2, 0.25) is 0 Å². The summed E-state index contributed by atoms with van der Waals surface area (Å²) in [6, 6.07) is 5.07. The molecule has 9 heteroatoms. The fraction of sp³-hybridized carbons (Fsp3) is 0.176. The molecule has 1 atom stereocenters. The number of aromatic amines is 1. The molecular formula is C17H17N5O3S. The Morgan fingerprint density at radius 2 is 2.15 bits per heavy atom. The minimum atomic E-state index is -1.28. The Morgan fingerprint density at radius 3 is 2.92 bits per heavy atom. The van der Waals surface area contributed by atoms with Gasteiger partial charge in [-0.1, -0.05) is 0 Å². The average Bonchev–Trinajstić information content (AvgIpc) is 3.23. The summed E-state index contributed by atoms with van der Waals surface area (Å²) in [4.78, 5) is 31.0. The molecule has 26 heavy (non-hydrogen) atoms. The number of hydrogen-bond donors (Lipinski definition) is 5. The zero-order chi connectivity index (χ0) is 18.7. The van der Waals surface area contributed by atoms with Crippen molar-refractivity contribution >= 4 is 51.3 Å². The van der Waals surface area contributed by atoms with Crippen LogP contribution in [-0.4, -0.2) is 38.7 Å². The van der Waals surface area contributed by atoms with Gasteiger partial charge in [0.05, 0.1) is 11.4 Å². The lowest BCUT2D eigenvalue weighted by Crippen LogP contribution is -2.35. The number of amides is 1. The second-order valence-corrected chi connectivity index (χ2v) is 6.67. The molecule has 8 nitrogen and oxygen atoms in total. The molecule has 0 bridgehead atoms. The first-order valence-corrected chi connectivity index (χ1v) is 8.72. The van der Waals surface area contributed by atoms with Gasteiger partial charge in [0.25, 0.3) is 5.91 Å². The number of rotatable bonds is 7. The highest BCUT2D eigenvalue weighted by molar-refractivity contribution is 7.12. The van der Waals surface area contributed by atoms with Crippen molar-refractivity contribution in [2.75, 3.05) is 5.32 Å². The molecule has 0 saturated heterocycles. The Bertz CT molecular complexity index is 978. The van der Waals surface area contributed by atoms with Crippen LogP contribution in [0.25, 0.3) is 11.0 Å². The van der Waals surface area contributed by atoms with Crippen molar-refractivity contribution < 1.29 is 14.7 Å². The number of carboxylic acids is 1. The van der Waals surface area contributed by atoms with Gasteiger partial charge in [0.2, 0.25) is 0 Å². The predicted octanol–water partition coefficient (Wildman–Crippen LogP) is 2.98. The van der Waals surface area contributed by atoms with Gasteiger partial charge in [-0.3, -0.25) is 10.2 Å². The standard InChI is InChI=1S/C17H17N5O3S/c1-9(8-11(18)17(24)25)21-16(23)14-13(4-7-26-14)22-12-3-6-20-15-10(12)2-5-19-15/h2-7,9,18H,8H2,1H3,(H,21,23)(H,24,25)(H2,19,20,22). The molecule has 134 valence electrons. The van der Waals surface area contributed by atoms with Crippen LogP contribution in [0.4, 0.5) is 11.4 Å². The fourth-order valence-electron chi connectivity index (χ4n) is 2.53. The van der Waals surface area contributed by atoms with E-state index in [1.807, 2.05) is 18.2 Å². The lowest BCUT2D eigenvalue weighted by molar-refractivity contribution is -0.129. The van der Waals surface area contributed by atoms with Crippen LogP contribution in [0.1, 0.15) is 23.0 Å². The van der Waals surface area contributed by atoms with Crippen LogP contribution >= 0.6 is 11.3 Å². The highest BCUT2D eigenvalue weighted by Gasteiger charge is 2.18. The largest absolute Gasteiger partial charge is 0.477 e. The number of hydrogen-bond acceptors (Lipinski definition) is 6. The van der Waals surface area contributed by atoms with E-state index < -0.39 is 17.7 Å². The maximum absolute atomic E-state index is 12.5. The molecule has 3 heterocycles. The summed E-state index contributed by atoms with van der Waals surface area (Å²) < 4.78 is 0. The first-order chi connectivity index (χ1) is 12.5. The van der Waals surface area contributed by atoms with Gasteiger partial charge in [-0.05, 0) is 30.5 Å². The maximum Gasteiger partial charge on any atom is 0.349 e. The minimum Gasteiger partial charge on any atom is -0.477 e. The van der Waals surface area contributed by atoms with Crippen molar-refractivity contribution in [2.24, 2.45) is 0 Å². The lowest BCUT2D eigenvalue weighted by atomic mass is 10.1. The lowest BCUT2D eigenvalue weighted by Gasteiger charge is -2.14. The summed E-state index contributed by atoms with van der Waals surface area (Å²) in [5, 5.41) is 24.8. The number of nitrogens with one attached hydrogen (secondary N) is 4. The molecule has 0 radical (unpaired) electrons. The van der Waals surface area contributed by atoms with Gasteiger partial charge >= 0.3 is 5.97 Å². The summed E-state index contributed by atoms with van der Waals surface area (Å²) in [5.41, 5.74) is 1.79. The van der Waals surface area contributed by atoms with Crippen LogP contribution in [0, 0.1) is 5.41 Å². The molecule has 3 aromatic heterocycles. The van der Waals surface area contributed by atoms with E-state index in [0.29, 0.717) is 10.6 Å². The van der Waals surface area contributed by atoms with E-state index in [-0.39, 0.29) is 12.3 Å². The maximum atomic E-state index is 12.5. The third-order valence-electron chi connectivity index (χ3n) is 3.75. The topological polar surface area (TPSA) is 131 Å². The van der Waals surface area contributed by atoms with E-state index in [0.717, 1.165) is 16.7 Å². The zero-order valence-corrected chi connectivity index (χ0v) is 14.7. The zero-order valence-electron chi connectivity index (χ0n) is 13.9. The Morgan fingerprint density at radius 1 is 1.35 bits per heavy atom. The monoisotopic (exact) mass is 371 g/mol. The third-order valence-corrected chi connectivity index (χ3v) is 4.66. The molecule has 0 saturated carbocycles. The van der Waals surface area contributed by atoms with Gasteiger partial charge in [-0.15, -0.1) is 11.3 Å². The molecule has 3 rings (SSSR count). The Balaban J connectivity index is 1.74. The van der Waals surface area contributed by atoms with Crippen LogP contribution in [0.5, 0.6) is 0 Å². The molecule has 0 aliphatic carbocycles. The minimum absolute atomic E-state index is 0.0382. The third kappa shape index (κ3) is 3.72. The van der Waals surface area contributed by atoms with Gasteiger partial charge in [-0.2, -0.15) is 0 Å². The van der Waals surface area contributed by atoms with Crippen molar-refractivity contribution in [2.45, 2.75) is 19.4 Å². The summed E-state index contributed by atoms with van der Waals surface area (Å²) in [6.07, 6.45) is 3.43. The number of fused-ring (bicyclic) bond motifs is 1. The van der Waals surface area contributed by atoms with Crippen molar-refractivity contribution in [3.05, 3.63) is 40.8 Å². The van der Waals surface area contributed by atoms with E-state index in [9.17, 15) is 9.59 Å². The SMILES string of the molecule is CC(CC(=N)C(=O)O)NC(=O)c1sccc1Nc1ccnc2[nH]ccc12. The average molecular weight is 371 g/mol.